The van der Waals surface area contributed by atoms with Gasteiger partial charge in [0.15, 0.2) is 0 Å². The third-order valence-electron chi connectivity index (χ3n) is 2.64. The number of aromatic nitrogens is 1. The van der Waals surface area contributed by atoms with Crippen LogP contribution in [0.3, 0.4) is 0 Å². The Hall–Kier alpha value is -2.55. The van der Waals surface area contributed by atoms with Crippen LogP contribution in [-0.4, -0.2) is 4.98 Å². The fourth-order valence-corrected chi connectivity index (χ4v) is 1.85. The SMILES string of the molecule is c1ccc(N(c2ccccc2)c2ncco2)cc1. The van der Waals surface area contributed by atoms with Gasteiger partial charge in [0, 0.05) is 0 Å². The van der Waals surface area contributed by atoms with E-state index in [4.69, 9.17) is 4.42 Å². The Balaban J connectivity index is 2.11. The Kier molecular flexibility index (Phi) is 2.80. The average molecular weight is 236 g/mol. The van der Waals surface area contributed by atoms with Gasteiger partial charge >= 0.3 is 6.01 Å². The standard InChI is InChI=1S/C15H12N2O/c1-3-7-13(8-4-1)17(15-16-11-12-18-15)14-9-5-2-6-10-14/h1-12H. The van der Waals surface area contributed by atoms with E-state index >= 15 is 0 Å². The van der Waals surface area contributed by atoms with E-state index in [1.807, 2.05) is 65.6 Å². The molecule has 3 aromatic rings. The number of hydrogen-bond acceptors (Lipinski definition) is 3. The number of nitrogens with zero attached hydrogens (tertiary/aromatic N) is 2. The van der Waals surface area contributed by atoms with Gasteiger partial charge in [-0.25, -0.2) is 4.98 Å². The first kappa shape index (κ1) is 10.6. The Labute approximate surface area is 105 Å². The van der Waals surface area contributed by atoms with E-state index in [2.05, 4.69) is 4.98 Å². The van der Waals surface area contributed by atoms with E-state index < -0.39 is 0 Å². The molecule has 88 valence electrons. The van der Waals surface area contributed by atoms with Gasteiger partial charge in [-0.05, 0) is 24.3 Å². The van der Waals surface area contributed by atoms with Crippen molar-refractivity contribution >= 4 is 17.4 Å². The fraction of sp³-hybridized carbons (Fsp3) is 0. The number of hydrogen-bond donors (Lipinski definition) is 0. The molecule has 0 N–H and O–H groups in total. The lowest BCUT2D eigenvalue weighted by molar-refractivity contribution is 0.565. The molecule has 3 heteroatoms. The van der Waals surface area contributed by atoms with Crippen molar-refractivity contribution in [3.05, 3.63) is 73.1 Å². The maximum absolute atomic E-state index is 5.42. The highest BCUT2D eigenvalue weighted by Crippen LogP contribution is 2.32. The van der Waals surface area contributed by atoms with Crippen molar-refractivity contribution in [1.82, 2.24) is 4.98 Å². The zero-order chi connectivity index (χ0) is 12.2. The van der Waals surface area contributed by atoms with E-state index in [0.29, 0.717) is 6.01 Å². The summed E-state index contributed by atoms with van der Waals surface area (Å²) in [6.45, 7) is 0. The molecule has 1 aromatic heterocycles. The number of rotatable bonds is 3. The first-order valence-corrected chi connectivity index (χ1v) is 5.75. The smallest absolute Gasteiger partial charge is 0.306 e. The molecular weight excluding hydrogens is 224 g/mol. The van der Waals surface area contributed by atoms with Crippen LogP contribution < -0.4 is 4.90 Å². The van der Waals surface area contributed by atoms with E-state index in [1.54, 1.807) is 12.5 Å². The molecule has 0 unspecified atom stereocenters. The van der Waals surface area contributed by atoms with Crippen molar-refractivity contribution in [3.63, 3.8) is 0 Å². The molecule has 18 heavy (non-hydrogen) atoms. The van der Waals surface area contributed by atoms with Crippen LogP contribution in [-0.2, 0) is 0 Å². The monoisotopic (exact) mass is 236 g/mol. The summed E-state index contributed by atoms with van der Waals surface area (Å²) >= 11 is 0. The second kappa shape index (κ2) is 4.75. The molecule has 0 amide bonds. The minimum Gasteiger partial charge on any atom is -0.432 e. The molecule has 0 bridgehead atoms. The number of para-hydroxylation sites is 2. The number of oxazole rings is 1. The van der Waals surface area contributed by atoms with Crippen molar-refractivity contribution in [3.8, 4) is 0 Å². The lowest BCUT2D eigenvalue weighted by Gasteiger charge is -2.20. The molecule has 0 atom stereocenters. The van der Waals surface area contributed by atoms with Gasteiger partial charge in [0.25, 0.3) is 0 Å². The topological polar surface area (TPSA) is 29.3 Å². The Morgan fingerprint density at radius 2 is 1.33 bits per heavy atom. The van der Waals surface area contributed by atoms with Gasteiger partial charge in [0.2, 0.25) is 0 Å². The molecule has 0 aliphatic carbocycles. The lowest BCUT2D eigenvalue weighted by Crippen LogP contribution is -2.09. The largest absolute Gasteiger partial charge is 0.432 e. The second-order valence-electron chi connectivity index (χ2n) is 3.82. The van der Waals surface area contributed by atoms with Crippen molar-refractivity contribution in [2.75, 3.05) is 4.90 Å². The van der Waals surface area contributed by atoms with Gasteiger partial charge < -0.3 is 4.42 Å². The summed E-state index contributed by atoms with van der Waals surface area (Å²) < 4.78 is 5.42. The van der Waals surface area contributed by atoms with Gasteiger partial charge in [-0.3, -0.25) is 4.90 Å². The van der Waals surface area contributed by atoms with Crippen LogP contribution in [0.15, 0.2) is 77.5 Å². The molecule has 3 rings (SSSR count). The van der Waals surface area contributed by atoms with Gasteiger partial charge in [0.05, 0.1) is 17.6 Å². The summed E-state index contributed by atoms with van der Waals surface area (Å²) in [5.74, 6) is 0. The van der Waals surface area contributed by atoms with Gasteiger partial charge in [-0.1, -0.05) is 36.4 Å². The summed E-state index contributed by atoms with van der Waals surface area (Å²) in [6, 6.07) is 20.6. The van der Waals surface area contributed by atoms with E-state index in [0.717, 1.165) is 11.4 Å². The van der Waals surface area contributed by atoms with Crippen molar-refractivity contribution in [1.29, 1.82) is 0 Å². The Morgan fingerprint density at radius 1 is 0.778 bits per heavy atom. The lowest BCUT2D eigenvalue weighted by atomic mass is 10.2. The third-order valence-corrected chi connectivity index (χ3v) is 2.64. The first-order chi connectivity index (χ1) is 8.95. The van der Waals surface area contributed by atoms with Crippen LogP contribution >= 0.6 is 0 Å². The number of benzene rings is 2. The summed E-state index contributed by atoms with van der Waals surface area (Å²) in [7, 11) is 0. The molecular formula is C15H12N2O. The van der Waals surface area contributed by atoms with Crippen LogP contribution in [0.5, 0.6) is 0 Å². The molecule has 0 radical (unpaired) electrons. The third kappa shape index (κ3) is 1.98. The second-order valence-corrected chi connectivity index (χ2v) is 3.82. The summed E-state index contributed by atoms with van der Waals surface area (Å²) in [5.41, 5.74) is 2.04. The van der Waals surface area contributed by atoms with Crippen LogP contribution in [0, 0.1) is 0 Å². The van der Waals surface area contributed by atoms with E-state index in [9.17, 15) is 0 Å². The Bertz CT molecular complexity index is 551. The van der Waals surface area contributed by atoms with Crippen molar-refractivity contribution in [2.24, 2.45) is 0 Å². The summed E-state index contributed by atoms with van der Waals surface area (Å²) in [5, 5.41) is 0. The molecule has 0 spiro atoms. The summed E-state index contributed by atoms with van der Waals surface area (Å²) in [4.78, 5) is 6.20. The highest BCUT2D eigenvalue weighted by Gasteiger charge is 2.14. The van der Waals surface area contributed by atoms with Crippen LogP contribution in [0.2, 0.25) is 0 Å². The predicted octanol–water partition coefficient (Wildman–Crippen LogP) is 4.14. The molecule has 3 nitrogen and oxygen atoms in total. The maximum Gasteiger partial charge on any atom is 0.306 e. The molecule has 0 fully saturated rings. The predicted molar refractivity (Wildman–Crippen MR) is 71.2 cm³/mol. The molecule has 1 heterocycles. The molecule has 0 saturated heterocycles. The van der Waals surface area contributed by atoms with Gasteiger partial charge in [-0.2, -0.15) is 0 Å². The average Bonchev–Trinajstić information content (AvgIpc) is 2.95. The molecule has 0 saturated carbocycles. The summed E-state index contributed by atoms with van der Waals surface area (Å²) in [6.07, 6.45) is 3.22. The minimum absolute atomic E-state index is 0.562. The maximum atomic E-state index is 5.42. The Morgan fingerprint density at radius 3 is 1.78 bits per heavy atom. The molecule has 2 aromatic carbocycles. The van der Waals surface area contributed by atoms with E-state index in [-0.39, 0.29) is 0 Å². The molecule has 0 aliphatic heterocycles. The molecule has 0 aliphatic rings. The van der Waals surface area contributed by atoms with Crippen LogP contribution in [0.4, 0.5) is 17.4 Å². The highest BCUT2D eigenvalue weighted by molar-refractivity contribution is 5.71. The minimum atomic E-state index is 0.562. The highest BCUT2D eigenvalue weighted by atomic mass is 16.4. The van der Waals surface area contributed by atoms with Crippen molar-refractivity contribution in [2.45, 2.75) is 0 Å². The fourth-order valence-electron chi connectivity index (χ4n) is 1.85. The zero-order valence-electron chi connectivity index (χ0n) is 9.73. The zero-order valence-corrected chi connectivity index (χ0v) is 9.73. The normalized spacial score (nSPS) is 10.2. The van der Waals surface area contributed by atoms with Crippen LogP contribution in [0.1, 0.15) is 0 Å². The quantitative estimate of drug-likeness (QED) is 0.684. The number of anilines is 3. The van der Waals surface area contributed by atoms with Crippen molar-refractivity contribution < 1.29 is 4.42 Å². The van der Waals surface area contributed by atoms with Gasteiger partial charge in [0.1, 0.15) is 6.26 Å². The van der Waals surface area contributed by atoms with Crippen LogP contribution in [0.25, 0.3) is 0 Å². The van der Waals surface area contributed by atoms with Gasteiger partial charge in [-0.15, -0.1) is 0 Å². The first-order valence-electron chi connectivity index (χ1n) is 5.75. The van der Waals surface area contributed by atoms with E-state index in [1.165, 1.54) is 0 Å².